The van der Waals surface area contributed by atoms with Crippen molar-refractivity contribution in [1.82, 2.24) is 0 Å². The molecule has 0 amide bonds. The topological polar surface area (TPSA) is 88.2 Å². The number of nitriles is 1. The molecule has 0 spiro atoms. The molecule has 2 unspecified atom stereocenters. The number of hydrogen-bond acceptors (Lipinski definition) is 5. The van der Waals surface area contributed by atoms with E-state index in [1.54, 1.807) is 6.07 Å². The van der Waals surface area contributed by atoms with Crippen LogP contribution >= 0.6 is 0 Å². The van der Waals surface area contributed by atoms with Crippen LogP contribution in [-0.2, 0) is 4.74 Å². The largest absolute Gasteiger partial charge is 0.385 e. The normalized spacial score (nSPS) is 21.9. The lowest BCUT2D eigenvalue weighted by atomic mass is 10.0. The van der Waals surface area contributed by atoms with Crippen LogP contribution in [0.3, 0.4) is 0 Å². The van der Waals surface area contributed by atoms with Gasteiger partial charge in [0.05, 0.1) is 11.0 Å². The number of hydrogen-bond donors (Lipinski definition) is 1. The lowest BCUT2D eigenvalue weighted by molar-refractivity contribution is -0.385. The minimum atomic E-state index is -0.546. The first-order valence-corrected chi connectivity index (χ1v) is 6.16. The van der Waals surface area contributed by atoms with E-state index in [1.807, 2.05) is 13.0 Å². The summed E-state index contributed by atoms with van der Waals surface area (Å²) in [5.41, 5.74) is 0.637. The molecule has 6 heteroatoms. The summed E-state index contributed by atoms with van der Waals surface area (Å²) in [6.45, 7) is 3.55. The highest BCUT2D eigenvalue weighted by molar-refractivity contribution is 5.58. The van der Waals surface area contributed by atoms with Gasteiger partial charge in [0.2, 0.25) is 0 Å². The zero-order valence-electron chi connectivity index (χ0n) is 10.6. The first kappa shape index (κ1) is 13.3. The number of nitrogens with one attached hydrogen (secondary N) is 1. The number of nitrogens with zero attached hydrogens (tertiary/aromatic N) is 2. The van der Waals surface area contributed by atoms with Gasteiger partial charge >= 0.3 is 0 Å². The minimum absolute atomic E-state index is 0.0747. The van der Waals surface area contributed by atoms with Gasteiger partial charge in [-0.25, -0.2) is 0 Å². The molecule has 100 valence electrons. The van der Waals surface area contributed by atoms with Gasteiger partial charge in [-0.05, 0) is 25.5 Å². The van der Waals surface area contributed by atoms with Crippen molar-refractivity contribution in [1.29, 1.82) is 5.26 Å². The van der Waals surface area contributed by atoms with Crippen molar-refractivity contribution in [2.75, 3.05) is 18.5 Å². The molecule has 1 aliphatic rings. The van der Waals surface area contributed by atoms with E-state index in [9.17, 15) is 10.1 Å². The van der Waals surface area contributed by atoms with E-state index in [-0.39, 0.29) is 17.4 Å². The molecule has 1 saturated heterocycles. The van der Waals surface area contributed by atoms with E-state index >= 15 is 0 Å². The molecular weight excluding hydrogens is 246 g/mol. The van der Waals surface area contributed by atoms with Crippen LogP contribution in [-0.4, -0.2) is 24.2 Å². The predicted octanol–water partition coefficient (Wildman–Crippen LogP) is 2.30. The van der Waals surface area contributed by atoms with E-state index in [0.29, 0.717) is 5.92 Å². The molecule has 1 heterocycles. The second kappa shape index (κ2) is 5.67. The Labute approximate surface area is 111 Å². The van der Waals surface area contributed by atoms with Gasteiger partial charge in [-0.1, -0.05) is 0 Å². The summed E-state index contributed by atoms with van der Waals surface area (Å²) < 4.78 is 5.47. The van der Waals surface area contributed by atoms with E-state index < -0.39 is 4.92 Å². The Morgan fingerprint density at radius 2 is 2.42 bits per heavy atom. The smallest absolute Gasteiger partial charge is 0.287 e. The van der Waals surface area contributed by atoms with Gasteiger partial charge in [-0.2, -0.15) is 5.26 Å². The van der Waals surface area contributed by atoms with E-state index in [0.717, 1.165) is 25.3 Å². The Kier molecular flexibility index (Phi) is 3.97. The third kappa shape index (κ3) is 3.01. The lowest BCUT2D eigenvalue weighted by Gasteiger charge is -2.15. The SMILES string of the molecule is CC1OCCC1CNc1ccc([N+](=O)[O-])c(C#N)c1. The van der Waals surface area contributed by atoms with Crippen molar-refractivity contribution in [3.05, 3.63) is 33.9 Å². The van der Waals surface area contributed by atoms with Gasteiger partial charge in [0.25, 0.3) is 5.69 Å². The highest BCUT2D eigenvalue weighted by atomic mass is 16.6. The number of anilines is 1. The van der Waals surface area contributed by atoms with Crippen molar-refractivity contribution in [3.8, 4) is 6.07 Å². The summed E-state index contributed by atoms with van der Waals surface area (Å²) in [6.07, 6.45) is 1.23. The van der Waals surface area contributed by atoms with Gasteiger partial charge in [-0.3, -0.25) is 10.1 Å². The first-order chi connectivity index (χ1) is 9.11. The fourth-order valence-corrected chi connectivity index (χ4v) is 2.19. The van der Waals surface area contributed by atoms with Crippen molar-refractivity contribution in [2.24, 2.45) is 5.92 Å². The second-order valence-electron chi connectivity index (χ2n) is 4.61. The second-order valence-corrected chi connectivity index (χ2v) is 4.61. The number of nitro benzene ring substituents is 1. The fraction of sp³-hybridized carbons (Fsp3) is 0.462. The third-order valence-electron chi connectivity index (χ3n) is 3.42. The maximum absolute atomic E-state index is 10.7. The van der Waals surface area contributed by atoms with Crippen LogP contribution in [0.25, 0.3) is 0 Å². The van der Waals surface area contributed by atoms with Gasteiger partial charge in [0, 0.05) is 30.8 Å². The molecule has 0 radical (unpaired) electrons. The maximum atomic E-state index is 10.7. The standard InChI is InChI=1S/C13H15N3O3/c1-9-10(4-5-19-9)8-15-12-2-3-13(16(17)18)11(6-12)7-14/h2-3,6,9-10,15H,4-5,8H2,1H3. The molecule has 0 aliphatic carbocycles. The molecule has 0 bridgehead atoms. The van der Waals surface area contributed by atoms with Crippen LogP contribution in [0.1, 0.15) is 18.9 Å². The molecule has 1 aliphatic heterocycles. The molecule has 1 aromatic carbocycles. The van der Waals surface area contributed by atoms with Crippen molar-refractivity contribution < 1.29 is 9.66 Å². The Bertz CT molecular complexity index is 524. The molecule has 2 rings (SSSR count). The van der Waals surface area contributed by atoms with Crippen molar-refractivity contribution in [3.63, 3.8) is 0 Å². The van der Waals surface area contributed by atoms with Crippen LogP contribution in [0.5, 0.6) is 0 Å². The summed E-state index contributed by atoms with van der Waals surface area (Å²) in [7, 11) is 0. The van der Waals surface area contributed by atoms with Gasteiger partial charge in [0.15, 0.2) is 0 Å². The zero-order valence-corrected chi connectivity index (χ0v) is 10.6. The Morgan fingerprint density at radius 1 is 1.63 bits per heavy atom. The molecule has 1 aromatic rings. The fourth-order valence-electron chi connectivity index (χ4n) is 2.19. The van der Waals surface area contributed by atoms with E-state index in [1.165, 1.54) is 12.1 Å². The Hall–Kier alpha value is -2.13. The van der Waals surface area contributed by atoms with Gasteiger partial charge < -0.3 is 10.1 Å². The third-order valence-corrected chi connectivity index (χ3v) is 3.42. The number of nitro groups is 1. The molecule has 0 aromatic heterocycles. The molecule has 6 nitrogen and oxygen atoms in total. The van der Waals surface area contributed by atoms with Crippen LogP contribution in [0, 0.1) is 27.4 Å². The summed E-state index contributed by atoms with van der Waals surface area (Å²) in [5.74, 6) is 0.431. The van der Waals surface area contributed by atoms with Gasteiger partial charge in [-0.15, -0.1) is 0 Å². The monoisotopic (exact) mass is 261 g/mol. The highest BCUT2D eigenvalue weighted by Gasteiger charge is 2.24. The summed E-state index contributed by atoms with van der Waals surface area (Å²) in [6, 6.07) is 6.34. The minimum Gasteiger partial charge on any atom is -0.385 e. The van der Waals surface area contributed by atoms with E-state index in [2.05, 4.69) is 5.32 Å². The van der Waals surface area contributed by atoms with Crippen molar-refractivity contribution >= 4 is 11.4 Å². The molecule has 0 saturated carbocycles. The molecule has 1 N–H and O–H groups in total. The average Bonchev–Trinajstić information content (AvgIpc) is 2.81. The summed E-state index contributed by atoms with van der Waals surface area (Å²) in [5, 5.41) is 22.8. The average molecular weight is 261 g/mol. The van der Waals surface area contributed by atoms with Crippen LogP contribution in [0.15, 0.2) is 18.2 Å². The predicted molar refractivity (Wildman–Crippen MR) is 69.8 cm³/mol. The number of ether oxygens (including phenoxy) is 1. The van der Waals surface area contributed by atoms with Crippen LogP contribution < -0.4 is 5.32 Å². The molecular formula is C13H15N3O3. The zero-order chi connectivity index (χ0) is 13.8. The maximum Gasteiger partial charge on any atom is 0.287 e. The van der Waals surface area contributed by atoms with Crippen LogP contribution in [0.2, 0.25) is 0 Å². The Morgan fingerprint density at radius 3 is 3.00 bits per heavy atom. The summed E-state index contributed by atoms with van der Waals surface area (Å²) in [4.78, 5) is 10.2. The highest BCUT2D eigenvalue weighted by Crippen LogP contribution is 2.24. The quantitative estimate of drug-likeness (QED) is 0.663. The molecule has 1 fully saturated rings. The summed E-state index contributed by atoms with van der Waals surface area (Å²) >= 11 is 0. The number of benzene rings is 1. The van der Waals surface area contributed by atoms with E-state index in [4.69, 9.17) is 10.00 Å². The van der Waals surface area contributed by atoms with Gasteiger partial charge in [0.1, 0.15) is 11.6 Å². The van der Waals surface area contributed by atoms with Crippen molar-refractivity contribution in [2.45, 2.75) is 19.4 Å². The van der Waals surface area contributed by atoms with Crippen LogP contribution in [0.4, 0.5) is 11.4 Å². The lowest BCUT2D eigenvalue weighted by Crippen LogP contribution is -2.20. The Balaban J connectivity index is 2.05. The number of rotatable bonds is 4. The molecule has 19 heavy (non-hydrogen) atoms. The first-order valence-electron chi connectivity index (χ1n) is 6.16. The molecule has 2 atom stereocenters.